The fraction of sp³-hybridized carbons (Fsp3) is 0.200. The third-order valence-electron chi connectivity index (χ3n) is 3.00. The van der Waals surface area contributed by atoms with Crippen LogP contribution in [0.15, 0.2) is 47.0 Å². The maximum absolute atomic E-state index is 5.30. The standard InChI is InChI=1S/C15H15N3O/c1-2-16-10-14-17-15(19-18-14)13-8-7-11-5-3-4-6-12(11)9-13/h3-9,16H,2,10H2,1H3. The van der Waals surface area contributed by atoms with Gasteiger partial charge in [0.25, 0.3) is 5.89 Å². The second-order valence-electron chi connectivity index (χ2n) is 4.36. The van der Waals surface area contributed by atoms with Gasteiger partial charge in [0.05, 0.1) is 6.54 Å². The van der Waals surface area contributed by atoms with Crippen LogP contribution in [0.4, 0.5) is 0 Å². The van der Waals surface area contributed by atoms with E-state index in [0.29, 0.717) is 18.3 Å². The van der Waals surface area contributed by atoms with Gasteiger partial charge in [-0.1, -0.05) is 42.4 Å². The van der Waals surface area contributed by atoms with Crippen molar-refractivity contribution in [1.29, 1.82) is 0 Å². The van der Waals surface area contributed by atoms with Crippen LogP contribution in [-0.2, 0) is 6.54 Å². The molecule has 3 rings (SSSR count). The largest absolute Gasteiger partial charge is 0.334 e. The van der Waals surface area contributed by atoms with Crippen molar-refractivity contribution in [2.45, 2.75) is 13.5 Å². The van der Waals surface area contributed by atoms with Gasteiger partial charge in [0, 0.05) is 5.56 Å². The highest BCUT2D eigenvalue weighted by Gasteiger charge is 2.08. The molecule has 0 saturated carbocycles. The first-order valence-electron chi connectivity index (χ1n) is 6.39. The first-order valence-corrected chi connectivity index (χ1v) is 6.39. The third kappa shape index (κ3) is 2.48. The quantitative estimate of drug-likeness (QED) is 0.776. The Balaban J connectivity index is 1.92. The Morgan fingerprint density at radius 2 is 1.95 bits per heavy atom. The number of hydrogen-bond donors (Lipinski definition) is 1. The number of fused-ring (bicyclic) bond motifs is 1. The summed E-state index contributed by atoms with van der Waals surface area (Å²) >= 11 is 0. The van der Waals surface area contributed by atoms with Crippen LogP contribution >= 0.6 is 0 Å². The van der Waals surface area contributed by atoms with Crippen LogP contribution in [0.1, 0.15) is 12.7 Å². The Morgan fingerprint density at radius 1 is 1.11 bits per heavy atom. The van der Waals surface area contributed by atoms with Gasteiger partial charge in [0.15, 0.2) is 5.82 Å². The zero-order chi connectivity index (χ0) is 13.1. The van der Waals surface area contributed by atoms with E-state index in [9.17, 15) is 0 Å². The highest BCUT2D eigenvalue weighted by Crippen LogP contribution is 2.22. The van der Waals surface area contributed by atoms with Crippen LogP contribution in [0.5, 0.6) is 0 Å². The van der Waals surface area contributed by atoms with Crippen LogP contribution in [0.25, 0.3) is 22.2 Å². The molecule has 96 valence electrons. The van der Waals surface area contributed by atoms with Gasteiger partial charge in [0.2, 0.25) is 0 Å². The molecule has 0 aliphatic rings. The Hall–Kier alpha value is -2.20. The van der Waals surface area contributed by atoms with Gasteiger partial charge < -0.3 is 9.84 Å². The van der Waals surface area contributed by atoms with E-state index in [1.807, 2.05) is 25.1 Å². The maximum atomic E-state index is 5.30. The van der Waals surface area contributed by atoms with E-state index >= 15 is 0 Å². The average Bonchev–Trinajstić information content (AvgIpc) is 2.93. The summed E-state index contributed by atoms with van der Waals surface area (Å²) in [4.78, 5) is 4.38. The molecule has 0 aliphatic carbocycles. The summed E-state index contributed by atoms with van der Waals surface area (Å²) in [5.74, 6) is 1.25. The fourth-order valence-corrected chi connectivity index (χ4v) is 2.00. The molecule has 0 atom stereocenters. The van der Waals surface area contributed by atoms with Crippen molar-refractivity contribution in [2.75, 3.05) is 6.54 Å². The first kappa shape index (κ1) is 11.9. The van der Waals surface area contributed by atoms with Gasteiger partial charge in [-0.3, -0.25) is 0 Å². The van der Waals surface area contributed by atoms with Gasteiger partial charge in [-0.25, -0.2) is 0 Å². The van der Waals surface area contributed by atoms with Gasteiger partial charge in [-0.05, 0) is 29.4 Å². The zero-order valence-electron chi connectivity index (χ0n) is 10.8. The first-order chi connectivity index (χ1) is 9.36. The fourth-order valence-electron chi connectivity index (χ4n) is 2.00. The number of benzene rings is 2. The summed E-state index contributed by atoms with van der Waals surface area (Å²) < 4.78 is 5.30. The van der Waals surface area contributed by atoms with Crippen LogP contribution < -0.4 is 5.32 Å². The van der Waals surface area contributed by atoms with Crippen molar-refractivity contribution in [3.63, 3.8) is 0 Å². The number of nitrogens with zero attached hydrogens (tertiary/aromatic N) is 2. The minimum atomic E-state index is 0.568. The highest BCUT2D eigenvalue weighted by molar-refractivity contribution is 5.86. The minimum absolute atomic E-state index is 0.568. The van der Waals surface area contributed by atoms with Crippen molar-refractivity contribution < 1.29 is 4.52 Å². The molecule has 0 spiro atoms. The number of nitrogens with one attached hydrogen (secondary N) is 1. The van der Waals surface area contributed by atoms with Crippen LogP contribution in [0, 0.1) is 0 Å². The van der Waals surface area contributed by atoms with Gasteiger partial charge in [-0.15, -0.1) is 0 Å². The van der Waals surface area contributed by atoms with E-state index in [1.54, 1.807) is 0 Å². The molecule has 0 radical (unpaired) electrons. The zero-order valence-corrected chi connectivity index (χ0v) is 10.8. The smallest absolute Gasteiger partial charge is 0.257 e. The molecule has 4 heteroatoms. The average molecular weight is 253 g/mol. The van der Waals surface area contributed by atoms with Crippen molar-refractivity contribution in [2.24, 2.45) is 0 Å². The van der Waals surface area contributed by atoms with Crippen molar-refractivity contribution in [3.8, 4) is 11.5 Å². The Bertz CT molecular complexity index is 690. The lowest BCUT2D eigenvalue weighted by molar-refractivity contribution is 0.420. The number of hydrogen-bond acceptors (Lipinski definition) is 4. The molecule has 3 aromatic rings. The predicted molar refractivity (Wildman–Crippen MR) is 74.6 cm³/mol. The Labute approximate surface area is 111 Å². The third-order valence-corrected chi connectivity index (χ3v) is 3.00. The van der Waals surface area contributed by atoms with Crippen LogP contribution in [0.3, 0.4) is 0 Å². The molecule has 0 aliphatic heterocycles. The predicted octanol–water partition coefficient (Wildman–Crippen LogP) is 3.00. The van der Waals surface area contributed by atoms with Gasteiger partial charge in [0.1, 0.15) is 0 Å². The lowest BCUT2D eigenvalue weighted by Crippen LogP contribution is -2.12. The van der Waals surface area contributed by atoms with Crippen molar-refractivity contribution >= 4 is 10.8 Å². The molecule has 4 nitrogen and oxygen atoms in total. The summed E-state index contributed by atoms with van der Waals surface area (Å²) in [5.41, 5.74) is 0.953. The molecular weight excluding hydrogens is 238 g/mol. The number of aromatic nitrogens is 2. The van der Waals surface area contributed by atoms with Gasteiger partial charge in [-0.2, -0.15) is 4.98 Å². The molecule has 2 aromatic carbocycles. The molecular formula is C15H15N3O. The van der Waals surface area contributed by atoms with E-state index in [1.165, 1.54) is 10.8 Å². The second-order valence-corrected chi connectivity index (χ2v) is 4.36. The number of rotatable bonds is 4. The Morgan fingerprint density at radius 3 is 2.79 bits per heavy atom. The molecule has 1 N–H and O–H groups in total. The lowest BCUT2D eigenvalue weighted by atomic mass is 10.1. The van der Waals surface area contributed by atoms with Crippen LogP contribution in [0.2, 0.25) is 0 Å². The van der Waals surface area contributed by atoms with E-state index in [0.717, 1.165) is 12.1 Å². The summed E-state index contributed by atoms with van der Waals surface area (Å²) in [6, 6.07) is 14.4. The summed E-state index contributed by atoms with van der Waals surface area (Å²) in [7, 11) is 0. The minimum Gasteiger partial charge on any atom is -0.334 e. The highest BCUT2D eigenvalue weighted by atomic mass is 16.5. The topological polar surface area (TPSA) is 51.0 Å². The molecule has 0 unspecified atom stereocenters. The normalized spacial score (nSPS) is 11.0. The molecule has 19 heavy (non-hydrogen) atoms. The molecule has 1 heterocycles. The van der Waals surface area contributed by atoms with Crippen molar-refractivity contribution in [1.82, 2.24) is 15.5 Å². The summed E-state index contributed by atoms with van der Waals surface area (Å²) in [6.45, 7) is 3.57. The van der Waals surface area contributed by atoms with Gasteiger partial charge >= 0.3 is 0 Å². The summed E-state index contributed by atoms with van der Waals surface area (Å²) in [6.07, 6.45) is 0. The molecule has 0 fully saturated rings. The summed E-state index contributed by atoms with van der Waals surface area (Å²) in [5, 5.41) is 9.52. The molecule has 0 saturated heterocycles. The van der Waals surface area contributed by atoms with Crippen molar-refractivity contribution in [3.05, 3.63) is 48.3 Å². The monoisotopic (exact) mass is 253 g/mol. The SMILES string of the molecule is CCNCc1noc(-c2ccc3ccccc3c2)n1. The molecule has 1 aromatic heterocycles. The second kappa shape index (κ2) is 5.20. The van der Waals surface area contributed by atoms with E-state index < -0.39 is 0 Å². The molecule has 0 bridgehead atoms. The lowest BCUT2D eigenvalue weighted by Gasteiger charge is -1.99. The van der Waals surface area contributed by atoms with E-state index in [-0.39, 0.29) is 0 Å². The maximum Gasteiger partial charge on any atom is 0.257 e. The Kier molecular flexibility index (Phi) is 3.25. The van der Waals surface area contributed by atoms with E-state index in [2.05, 4.69) is 39.7 Å². The molecule has 0 amide bonds. The van der Waals surface area contributed by atoms with Crippen LogP contribution in [-0.4, -0.2) is 16.7 Å². The van der Waals surface area contributed by atoms with E-state index in [4.69, 9.17) is 4.52 Å².